The predicted octanol–water partition coefficient (Wildman–Crippen LogP) is 1.64. The maximum Gasteiger partial charge on any atom is 0.322 e. The van der Waals surface area contributed by atoms with Crippen LogP contribution in [0, 0.1) is 0 Å². The lowest BCUT2D eigenvalue weighted by molar-refractivity contribution is 0.378. The normalized spacial score (nSPS) is 17.3. The van der Waals surface area contributed by atoms with Crippen LogP contribution in [0.25, 0.3) is 0 Å². The largest absolute Gasteiger partial charge is 0.467 e. The molecular formula is C14H18N6O. The zero-order valence-electron chi connectivity index (χ0n) is 12.1. The summed E-state index contributed by atoms with van der Waals surface area (Å²) < 4.78 is 5.13. The van der Waals surface area contributed by atoms with Crippen molar-refractivity contribution in [3.63, 3.8) is 0 Å². The van der Waals surface area contributed by atoms with Crippen LogP contribution in [0.15, 0.2) is 24.3 Å². The van der Waals surface area contributed by atoms with E-state index in [9.17, 15) is 0 Å². The second-order valence-electron chi connectivity index (χ2n) is 4.98. The molecule has 7 nitrogen and oxygen atoms in total. The lowest BCUT2D eigenvalue weighted by atomic mass is 9.97. The first kappa shape index (κ1) is 13.6. The summed E-state index contributed by atoms with van der Waals surface area (Å²) in [5.74, 6) is 6.25. The zero-order valence-corrected chi connectivity index (χ0v) is 12.1. The van der Waals surface area contributed by atoms with Crippen LogP contribution in [0.3, 0.4) is 0 Å². The molecule has 0 saturated carbocycles. The van der Waals surface area contributed by atoms with Crippen LogP contribution in [-0.4, -0.2) is 28.1 Å². The van der Waals surface area contributed by atoms with Crippen LogP contribution in [0.1, 0.15) is 18.9 Å². The maximum absolute atomic E-state index is 5.42. The van der Waals surface area contributed by atoms with Crippen LogP contribution in [0.2, 0.25) is 0 Å². The van der Waals surface area contributed by atoms with Crippen molar-refractivity contribution >= 4 is 17.6 Å². The first-order valence-electron chi connectivity index (χ1n) is 6.86. The number of ether oxygens (including phenoxy) is 1. The molecule has 1 unspecified atom stereocenters. The molecule has 0 bridgehead atoms. The summed E-state index contributed by atoms with van der Waals surface area (Å²) >= 11 is 0. The van der Waals surface area contributed by atoms with Gasteiger partial charge < -0.3 is 9.64 Å². The van der Waals surface area contributed by atoms with Crippen molar-refractivity contribution in [1.82, 2.24) is 15.0 Å². The summed E-state index contributed by atoms with van der Waals surface area (Å²) in [5, 5.41) is 0. The number of nitrogen functional groups attached to an aromatic ring is 1. The van der Waals surface area contributed by atoms with Gasteiger partial charge in [0.15, 0.2) is 0 Å². The van der Waals surface area contributed by atoms with Crippen molar-refractivity contribution < 1.29 is 4.74 Å². The first-order chi connectivity index (χ1) is 10.2. The van der Waals surface area contributed by atoms with E-state index in [1.807, 2.05) is 12.1 Å². The van der Waals surface area contributed by atoms with E-state index < -0.39 is 0 Å². The molecule has 3 N–H and O–H groups in total. The summed E-state index contributed by atoms with van der Waals surface area (Å²) in [5.41, 5.74) is 4.86. The summed E-state index contributed by atoms with van der Waals surface area (Å²) in [6, 6.07) is 8.81. The molecule has 1 aromatic carbocycles. The number of hydrazine groups is 1. The minimum absolute atomic E-state index is 0.239. The molecular weight excluding hydrogens is 268 g/mol. The number of aromatic nitrogens is 3. The molecule has 3 rings (SSSR count). The van der Waals surface area contributed by atoms with Gasteiger partial charge in [0.05, 0.1) is 7.11 Å². The Morgan fingerprint density at radius 2 is 2.10 bits per heavy atom. The Morgan fingerprint density at radius 1 is 1.29 bits per heavy atom. The van der Waals surface area contributed by atoms with Gasteiger partial charge in [-0.05, 0) is 31.4 Å². The maximum atomic E-state index is 5.42. The van der Waals surface area contributed by atoms with E-state index in [-0.39, 0.29) is 18.0 Å². The lowest BCUT2D eigenvalue weighted by Crippen LogP contribution is -2.34. The molecule has 1 aliphatic heterocycles. The highest BCUT2D eigenvalue weighted by molar-refractivity contribution is 5.65. The molecule has 1 aromatic heterocycles. The standard InChI is InChI=1S/C14H18N6O/c1-9-7-8-10-5-3-4-6-11(10)20(9)13-16-12(19-15)17-14(18-13)21-2/h3-6,9H,7-8,15H2,1-2H3,(H,16,17,18,19). The van der Waals surface area contributed by atoms with Crippen molar-refractivity contribution in [3.05, 3.63) is 29.8 Å². The smallest absolute Gasteiger partial charge is 0.322 e. The highest BCUT2D eigenvalue weighted by Crippen LogP contribution is 2.35. The predicted molar refractivity (Wildman–Crippen MR) is 80.6 cm³/mol. The van der Waals surface area contributed by atoms with E-state index in [1.165, 1.54) is 12.7 Å². The molecule has 0 saturated heterocycles. The number of hydrogen-bond donors (Lipinski definition) is 2. The number of anilines is 3. The van der Waals surface area contributed by atoms with Crippen molar-refractivity contribution in [2.75, 3.05) is 17.4 Å². The van der Waals surface area contributed by atoms with Gasteiger partial charge in [0.1, 0.15) is 0 Å². The molecule has 0 spiro atoms. The van der Waals surface area contributed by atoms with Gasteiger partial charge in [0.25, 0.3) is 0 Å². The van der Waals surface area contributed by atoms with Gasteiger partial charge in [-0.15, -0.1) is 0 Å². The Bertz CT molecular complexity index is 625. The molecule has 0 fully saturated rings. The van der Waals surface area contributed by atoms with E-state index in [0.29, 0.717) is 5.95 Å². The molecule has 0 radical (unpaired) electrons. The average molecular weight is 286 g/mol. The van der Waals surface area contributed by atoms with Crippen LogP contribution in [0.4, 0.5) is 17.6 Å². The number of benzene rings is 1. The number of para-hydroxylation sites is 1. The fraction of sp³-hybridized carbons (Fsp3) is 0.357. The molecule has 0 aliphatic carbocycles. The van der Waals surface area contributed by atoms with Gasteiger partial charge in [0, 0.05) is 11.7 Å². The van der Waals surface area contributed by atoms with Crippen molar-refractivity contribution in [1.29, 1.82) is 0 Å². The van der Waals surface area contributed by atoms with E-state index in [0.717, 1.165) is 18.5 Å². The topological polar surface area (TPSA) is 89.2 Å². The Morgan fingerprint density at radius 3 is 2.86 bits per heavy atom. The molecule has 2 aromatic rings. The second-order valence-corrected chi connectivity index (χ2v) is 4.98. The second kappa shape index (κ2) is 5.53. The molecule has 2 heterocycles. The highest BCUT2D eigenvalue weighted by Gasteiger charge is 2.27. The van der Waals surface area contributed by atoms with E-state index in [2.05, 4.69) is 44.3 Å². The first-order valence-corrected chi connectivity index (χ1v) is 6.86. The Hall–Kier alpha value is -2.41. The van der Waals surface area contributed by atoms with Crippen molar-refractivity contribution in [2.45, 2.75) is 25.8 Å². The van der Waals surface area contributed by atoms with Crippen molar-refractivity contribution in [3.8, 4) is 6.01 Å². The van der Waals surface area contributed by atoms with Crippen molar-refractivity contribution in [2.24, 2.45) is 5.84 Å². The lowest BCUT2D eigenvalue weighted by Gasteiger charge is -2.35. The fourth-order valence-electron chi connectivity index (χ4n) is 2.60. The Balaban J connectivity index is 2.11. The van der Waals surface area contributed by atoms with Gasteiger partial charge in [-0.2, -0.15) is 15.0 Å². The SMILES string of the molecule is COc1nc(NN)nc(N2c3ccccc3CCC2C)n1. The van der Waals surface area contributed by atoms with Gasteiger partial charge in [-0.1, -0.05) is 18.2 Å². The molecule has 7 heteroatoms. The van der Waals surface area contributed by atoms with E-state index >= 15 is 0 Å². The summed E-state index contributed by atoms with van der Waals surface area (Å²) in [7, 11) is 1.52. The number of nitrogens with two attached hydrogens (primary N) is 1. The fourth-order valence-corrected chi connectivity index (χ4v) is 2.60. The van der Waals surface area contributed by atoms with Gasteiger partial charge in [-0.3, -0.25) is 5.43 Å². The number of hydrogen-bond acceptors (Lipinski definition) is 7. The third-order valence-corrected chi connectivity index (χ3v) is 3.65. The molecule has 1 aliphatic rings. The number of aryl methyl sites for hydroxylation is 1. The number of nitrogens with one attached hydrogen (secondary N) is 1. The molecule has 110 valence electrons. The van der Waals surface area contributed by atoms with E-state index in [4.69, 9.17) is 10.6 Å². The van der Waals surface area contributed by atoms with Gasteiger partial charge in [0.2, 0.25) is 11.9 Å². The monoisotopic (exact) mass is 286 g/mol. The molecule has 1 atom stereocenters. The summed E-state index contributed by atoms with van der Waals surface area (Å²) in [6.07, 6.45) is 2.09. The molecule has 0 amide bonds. The number of fused-ring (bicyclic) bond motifs is 1. The Kier molecular flexibility index (Phi) is 3.57. The van der Waals surface area contributed by atoms with Crippen LogP contribution >= 0.6 is 0 Å². The van der Waals surface area contributed by atoms with Gasteiger partial charge >= 0.3 is 6.01 Å². The van der Waals surface area contributed by atoms with Crippen LogP contribution in [0.5, 0.6) is 6.01 Å². The average Bonchev–Trinajstić information content (AvgIpc) is 2.54. The number of nitrogens with zero attached hydrogens (tertiary/aromatic N) is 4. The quantitative estimate of drug-likeness (QED) is 0.655. The Labute approximate surface area is 123 Å². The highest BCUT2D eigenvalue weighted by atomic mass is 16.5. The third kappa shape index (κ3) is 2.47. The van der Waals surface area contributed by atoms with Crippen LogP contribution < -0.4 is 20.9 Å². The summed E-state index contributed by atoms with van der Waals surface area (Å²) in [6.45, 7) is 2.15. The minimum atomic E-state index is 0.239. The number of rotatable bonds is 3. The van der Waals surface area contributed by atoms with Crippen LogP contribution in [-0.2, 0) is 6.42 Å². The third-order valence-electron chi connectivity index (χ3n) is 3.65. The zero-order chi connectivity index (χ0) is 14.8. The van der Waals surface area contributed by atoms with Gasteiger partial charge in [-0.25, -0.2) is 5.84 Å². The molecule has 21 heavy (non-hydrogen) atoms. The number of methoxy groups -OCH3 is 1. The van der Waals surface area contributed by atoms with E-state index in [1.54, 1.807) is 0 Å². The minimum Gasteiger partial charge on any atom is -0.467 e. The summed E-state index contributed by atoms with van der Waals surface area (Å²) in [4.78, 5) is 14.9.